The predicted molar refractivity (Wildman–Crippen MR) is 104 cm³/mol. The van der Waals surface area contributed by atoms with Crippen LogP contribution >= 0.6 is 0 Å². The smallest absolute Gasteiger partial charge is 0.410 e. The number of carbonyl (C=O) groups is 2. The van der Waals surface area contributed by atoms with E-state index in [1.165, 1.54) is 18.4 Å². The van der Waals surface area contributed by atoms with Gasteiger partial charge in [0.15, 0.2) is 5.76 Å². The average molecular weight is 412 g/mol. The Labute approximate surface area is 172 Å². The highest BCUT2D eigenvalue weighted by Gasteiger charge is 2.28. The third-order valence-electron chi connectivity index (χ3n) is 4.98. The molecule has 4 rings (SSSR count). The fourth-order valence-corrected chi connectivity index (χ4v) is 3.32. The average Bonchev–Trinajstić information content (AvgIpc) is 3.48. The van der Waals surface area contributed by atoms with E-state index in [1.54, 1.807) is 57.4 Å². The zero-order valence-corrected chi connectivity index (χ0v) is 16.2. The Morgan fingerprint density at radius 2 is 1.83 bits per heavy atom. The van der Waals surface area contributed by atoms with Crippen LogP contribution in [0.5, 0.6) is 0 Å². The lowest BCUT2D eigenvalue weighted by molar-refractivity contribution is 0.0348. The van der Waals surface area contributed by atoms with Gasteiger partial charge in [-0.25, -0.2) is 14.2 Å². The summed E-state index contributed by atoms with van der Waals surface area (Å²) in [4.78, 5) is 32.3. The van der Waals surface area contributed by atoms with Crippen molar-refractivity contribution in [3.63, 3.8) is 0 Å². The molecule has 8 nitrogen and oxygen atoms in total. The molecule has 3 aromatic rings. The first kappa shape index (κ1) is 19.7. The highest BCUT2D eigenvalue weighted by molar-refractivity contribution is 5.91. The van der Waals surface area contributed by atoms with Crippen molar-refractivity contribution in [2.24, 2.45) is 0 Å². The number of nitrogens with zero attached hydrogens (tertiary/aromatic N) is 4. The number of halogens is 1. The molecule has 1 atom stereocenters. The lowest BCUT2D eigenvalue weighted by Crippen LogP contribution is -2.50. The van der Waals surface area contributed by atoms with Crippen LogP contribution in [0.1, 0.15) is 22.2 Å². The predicted octanol–water partition coefficient (Wildman–Crippen LogP) is 2.95. The number of aromatic nitrogens is 2. The molecule has 1 aliphatic rings. The standard InChI is InChI=1S/C21H21FN4O4/c22-17-5-3-16(4-6-17)19(14-24-8-7-23-15-24)30-21(28)26-11-9-25(10-12-26)20(27)18-2-1-13-29-18/h1-8,13,15,19H,9-12,14H2/t19-/m1/s1. The van der Waals surface area contributed by atoms with Crippen molar-refractivity contribution in [2.75, 3.05) is 26.2 Å². The summed E-state index contributed by atoms with van der Waals surface area (Å²) >= 11 is 0. The van der Waals surface area contributed by atoms with Crippen LogP contribution in [0.3, 0.4) is 0 Å². The van der Waals surface area contributed by atoms with Gasteiger partial charge in [0.2, 0.25) is 0 Å². The topological polar surface area (TPSA) is 80.8 Å². The number of hydrogen-bond acceptors (Lipinski definition) is 5. The van der Waals surface area contributed by atoms with Crippen molar-refractivity contribution in [3.8, 4) is 0 Å². The molecule has 2 amide bonds. The van der Waals surface area contributed by atoms with Gasteiger partial charge in [-0.05, 0) is 29.8 Å². The number of hydrogen-bond donors (Lipinski definition) is 0. The van der Waals surface area contributed by atoms with Gasteiger partial charge in [0.05, 0.1) is 19.1 Å². The minimum atomic E-state index is -0.602. The lowest BCUT2D eigenvalue weighted by Gasteiger charge is -2.34. The molecule has 2 aromatic heterocycles. The van der Waals surface area contributed by atoms with Crippen molar-refractivity contribution in [1.82, 2.24) is 19.4 Å². The summed E-state index contributed by atoms with van der Waals surface area (Å²) in [6.45, 7) is 1.84. The Morgan fingerprint density at radius 1 is 1.10 bits per heavy atom. The second kappa shape index (κ2) is 8.81. The molecule has 0 N–H and O–H groups in total. The fourth-order valence-electron chi connectivity index (χ4n) is 3.32. The number of carbonyl (C=O) groups excluding carboxylic acids is 2. The lowest BCUT2D eigenvalue weighted by atomic mass is 10.1. The zero-order valence-electron chi connectivity index (χ0n) is 16.2. The highest BCUT2D eigenvalue weighted by Crippen LogP contribution is 2.22. The van der Waals surface area contributed by atoms with Crippen LogP contribution in [0.25, 0.3) is 0 Å². The Morgan fingerprint density at radius 3 is 2.47 bits per heavy atom. The van der Waals surface area contributed by atoms with Crippen LogP contribution in [0.4, 0.5) is 9.18 Å². The molecule has 0 saturated carbocycles. The Bertz CT molecular complexity index is 965. The van der Waals surface area contributed by atoms with E-state index in [0.29, 0.717) is 38.3 Å². The zero-order chi connectivity index (χ0) is 20.9. The molecule has 1 aromatic carbocycles. The number of ether oxygens (including phenoxy) is 1. The first-order chi connectivity index (χ1) is 14.6. The summed E-state index contributed by atoms with van der Waals surface area (Å²) < 4.78 is 26.0. The summed E-state index contributed by atoms with van der Waals surface area (Å²) in [5.74, 6) is -0.274. The molecular formula is C21H21FN4O4. The normalized spacial score (nSPS) is 15.1. The molecule has 1 fully saturated rings. The van der Waals surface area contributed by atoms with Gasteiger partial charge in [-0.15, -0.1) is 0 Å². The first-order valence-electron chi connectivity index (χ1n) is 9.59. The van der Waals surface area contributed by atoms with E-state index in [-0.39, 0.29) is 17.5 Å². The summed E-state index contributed by atoms with van der Waals surface area (Å²) in [5, 5.41) is 0. The molecular weight excluding hydrogens is 391 g/mol. The highest BCUT2D eigenvalue weighted by atomic mass is 19.1. The van der Waals surface area contributed by atoms with Crippen LogP contribution in [-0.2, 0) is 11.3 Å². The summed E-state index contributed by atoms with van der Waals surface area (Å²) in [5.41, 5.74) is 0.685. The number of furan rings is 1. The molecule has 1 aliphatic heterocycles. The first-order valence-corrected chi connectivity index (χ1v) is 9.59. The van der Waals surface area contributed by atoms with E-state index in [9.17, 15) is 14.0 Å². The van der Waals surface area contributed by atoms with Crippen molar-refractivity contribution < 1.29 is 23.1 Å². The van der Waals surface area contributed by atoms with Crippen LogP contribution in [0.2, 0.25) is 0 Å². The van der Waals surface area contributed by atoms with Gasteiger partial charge < -0.3 is 23.5 Å². The van der Waals surface area contributed by atoms with Crippen molar-refractivity contribution in [3.05, 3.63) is 78.5 Å². The maximum Gasteiger partial charge on any atom is 0.410 e. The molecule has 0 aliphatic carbocycles. The Balaban J connectivity index is 1.39. The molecule has 0 radical (unpaired) electrons. The minimum absolute atomic E-state index is 0.197. The SMILES string of the molecule is O=C(O[C@H](Cn1ccnc1)c1ccc(F)cc1)N1CCN(C(=O)c2ccco2)CC1. The van der Waals surface area contributed by atoms with E-state index < -0.39 is 12.2 Å². The van der Waals surface area contributed by atoms with Crippen molar-refractivity contribution in [2.45, 2.75) is 12.6 Å². The molecule has 30 heavy (non-hydrogen) atoms. The van der Waals surface area contributed by atoms with Gasteiger partial charge in [0.1, 0.15) is 11.9 Å². The molecule has 9 heteroatoms. The third-order valence-corrected chi connectivity index (χ3v) is 4.98. The van der Waals surface area contributed by atoms with Crippen molar-refractivity contribution in [1.29, 1.82) is 0 Å². The maximum absolute atomic E-state index is 13.3. The van der Waals surface area contributed by atoms with Crippen molar-refractivity contribution >= 4 is 12.0 Å². The van der Waals surface area contributed by atoms with E-state index in [1.807, 2.05) is 0 Å². The number of benzene rings is 1. The monoisotopic (exact) mass is 412 g/mol. The minimum Gasteiger partial charge on any atom is -0.459 e. The van der Waals surface area contributed by atoms with Gasteiger partial charge in [0, 0.05) is 38.6 Å². The van der Waals surface area contributed by atoms with E-state index >= 15 is 0 Å². The van der Waals surface area contributed by atoms with Gasteiger partial charge in [-0.1, -0.05) is 12.1 Å². The second-order valence-corrected chi connectivity index (χ2v) is 6.94. The number of rotatable bonds is 5. The summed E-state index contributed by atoms with van der Waals surface area (Å²) in [6, 6.07) is 9.16. The van der Waals surface area contributed by atoms with Gasteiger partial charge >= 0.3 is 6.09 Å². The van der Waals surface area contributed by atoms with Crippen LogP contribution in [0, 0.1) is 5.82 Å². The maximum atomic E-state index is 13.3. The fraction of sp³-hybridized carbons (Fsp3) is 0.286. The molecule has 0 unspecified atom stereocenters. The molecule has 156 valence electrons. The second-order valence-electron chi connectivity index (χ2n) is 6.94. The van der Waals surface area contributed by atoms with Crippen LogP contribution in [0.15, 0.2) is 65.8 Å². The van der Waals surface area contributed by atoms with E-state index in [2.05, 4.69) is 4.98 Å². The molecule has 3 heterocycles. The molecule has 0 bridgehead atoms. The number of imidazole rings is 1. The van der Waals surface area contributed by atoms with Gasteiger partial charge in [-0.2, -0.15) is 0 Å². The number of piperazine rings is 1. The quantitative estimate of drug-likeness (QED) is 0.644. The Kier molecular flexibility index (Phi) is 5.78. The number of amides is 2. The third kappa shape index (κ3) is 4.51. The van der Waals surface area contributed by atoms with Gasteiger partial charge in [-0.3, -0.25) is 4.79 Å². The summed E-state index contributed by atoms with van der Waals surface area (Å²) in [7, 11) is 0. The van der Waals surface area contributed by atoms with Crippen LogP contribution in [-0.4, -0.2) is 57.5 Å². The van der Waals surface area contributed by atoms with E-state index in [0.717, 1.165) is 0 Å². The summed E-state index contributed by atoms with van der Waals surface area (Å²) in [6.07, 6.45) is 5.41. The Hall–Kier alpha value is -3.62. The molecule has 1 saturated heterocycles. The van der Waals surface area contributed by atoms with E-state index in [4.69, 9.17) is 9.15 Å². The van der Waals surface area contributed by atoms with Crippen LogP contribution < -0.4 is 0 Å². The van der Waals surface area contributed by atoms with Gasteiger partial charge in [0.25, 0.3) is 5.91 Å². The largest absolute Gasteiger partial charge is 0.459 e. The molecule has 0 spiro atoms.